The lowest BCUT2D eigenvalue weighted by Crippen LogP contribution is -2.56. The minimum atomic E-state index is -0.862. The molecule has 1 aromatic rings. The first-order valence-electron chi connectivity index (χ1n) is 11.8. The monoisotopic (exact) mass is 392 g/mol. The quantitative estimate of drug-likeness (QED) is 0.598. The normalized spacial score (nSPS) is 48.6. The molecule has 2 N–H and O–H groups in total. The largest absolute Gasteiger partial charge is 0.393 e. The molecular formula is C27H36O2. The number of hydrogen-bond donors (Lipinski definition) is 2. The second-order valence-corrected chi connectivity index (χ2v) is 11.1. The van der Waals surface area contributed by atoms with Crippen molar-refractivity contribution in [2.24, 2.45) is 34.5 Å². The zero-order chi connectivity index (χ0) is 20.3. The third-order valence-corrected chi connectivity index (χ3v) is 9.98. The first kappa shape index (κ1) is 19.7. The number of aliphatic hydroxyl groups is 2. The van der Waals surface area contributed by atoms with Crippen molar-refractivity contribution in [2.75, 3.05) is 0 Å². The number of hydrogen-bond acceptors (Lipinski definition) is 2. The second kappa shape index (κ2) is 6.86. The summed E-state index contributed by atoms with van der Waals surface area (Å²) in [6, 6.07) is 10.1. The molecule has 4 aliphatic rings. The molecule has 4 saturated carbocycles. The highest BCUT2D eigenvalue weighted by molar-refractivity contribution is 5.38. The van der Waals surface area contributed by atoms with Crippen LogP contribution in [0.2, 0.25) is 0 Å². The fraction of sp³-hybridized carbons (Fsp3) is 0.704. The van der Waals surface area contributed by atoms with Crippen LogP contribution in [0.4, 0.5) is 0 Å². The van der Waals surface area contributed by atoms with Crippen LogP contribution in [0.15, 0.2) is 30.3 Å². The molecule has 0 spiro atoms. The van der Waals surface area contributed by atoms with Gasteiger partial charge in [0, 0.05) is 11.0 Å². The molecule has 8 atom stereocenters. The summed E-state index contributed by atoms with van der Waals surface area (Å²) in [6.45, 7) is 4.86. The molecule has 1 aromatic carbocycles. The van der Waals surface area contributed by atoms with Crippen molar-refractivity contribution in [1.29, 1.82) is 0 Å². The molecule has 156 valence electrons. The van der Waals surface area contributed by atoms with E-state index in [0.717, 1.165) is 49.5 Å². The zero-order valence-electron chi connectivity index (χ0n) is 18.0. The summed E-state index contributed by atoms with van der Waals surface area (Å²) in [5.41, 5.74) is 0.433. The maximum Gasteiger partial charge on any atom is 0.131 e. The summed E-state index contributed by atoms with van der Waals surface area (Å²) >= 11 is 0. The number of rotatable bonds is 0. The van der Waals surface area contributed by atoms with Gasteiger partial charge in [-0.05, 0) is 99.0 Å². The van der Waals surface area contributed by atoms with Crippen LogP contribution in [0.25, 0.3) is 0 Å². The van der Waals surface area contributed by atoms with E-state index in [4.69, 9.17) is 0 Å². The molecular weight excluding hydrogens is 356 g/mol. The summed E-state index contributed by atoms with van der Waals surface area (Å²) in [5.74, 6) is 9.40. The van der Waals surface area contributed by atoms with Gasteiger partial charge in [-0.15, -0.1) is 0 Å². The van der Waals surface area contributed by atoms with Crippen LogP contribution in [0, 0.1) is 46.3 Å². The van der Waals surface area contributed by atoms with Gasteiger partial charge < -0.3 is 10.2 Å². The molecule has 0 amide bonds. The molecule has 4 fully saturated rings. The molecule has 0 bridgehead atoms. The van der Waals surface area contributed by atoms with E-state index in [1.165, 1.54) is 25.7 Å². The molecule has 0 aliphatic heterocycles. The molecule has 0 saturated heterocycles. The highest BCUT2D eigenvalue weighted by Crippen LogP contribution is 2.68. The second-order valence-electron chi connectivity index (χ2n) is 11.1. The molecule has 0 radical (unpaired) electrons. The van der Waals surface area contributed by atoms with Crippen LogP contribution in [-0.4, -0.2) is 21.9 Å². The molecule has 0 heterocycles. The fourth-order valence-electron chi connectivity index (χ4n) is 8.15. The molecule has 4 aliphatic carbocycles. The van der Waals surface area contributed by atoms with Gasteiger partial charge in [-0.1, -0.05) is 43.9 Å². The Morgan fingerprint density at radius 2 is 1.66 bits per heavy atom. The lowest BCUT2D eigenvalue weighted by Gasteiger charge is -2.61. The van der Waals surface area contributed by atoms with Gasteiger partial charge in [0.05, 0.1) is 6.10 Å². The van der Waals surface area contributed by atoms with E-state index >= 15 is 0 Å². The Balaban J connectivity index is 1.42. The van der Waals surface area contributed by atoms with Crippen LogP contribution in [0.1, 0.15) is 77.2 Å². The number of benzene rings is 1. The van der Waals surface area contributed by atoms with Gasteiger partial charge in [-0.2, -0.15) is 0 Å². The van der Waals surface area contributed by atoms with Gasteiger partial charge in [-0.3, -0.25) is 0 Å². The predicted octanol–water partition coefficient (Wildman–Crippen LogP) is 5.17. The Morgan fingerprint density at radius 3 is 2.45 bits per heavy atom. The SMILES string of the molecule is C[C@@]12CC[C@@H](O)C[C@@H]1CC[C@@H]1[C@H]3CC[C@](O)(C#Cc4ccccc4)[C@@]3(C)CC[C@@H]12. The van der Waals surface area contributed by atoms with Crippen LogP contribution in [0.5, 0.6) is 0 Å². The highest BCUT2D eigenvalue weighted by Gasteiger charge is 2.64. The molecule has 2 heteroatoms. The van der Waals surface area contributed by atoms with Crippen LogP contribution < -0.4 is 0 Å². The van der Waals surface area contributed by atoms with E-state index in [-0.39, 0.29) is 11.5 Å². The molecule has 29 heavy (non-hydrogen) atoms. The lowest BCUT2D eigenvalue weighted by atomic mass is 9.44. The average molecular weight is 393 g/mol. The van der Waals surface area contributed by atoms with Crippen LogP contribution in [-0.2, 0) is 0 Å². The summed E-state index contributed by atoms with van der Waals surface area (Å²) in [6.07, 6.45) is 9.86. The summed E-state index contributed by atoms with van der Waals surface area (Å²) in [7, 11) is 0. The first-order chi connectivity index (χ1) is 13.9. The highest BCUT2D eigenvalue weighted by atomic mass is 16.3. The van der Waals surface area contributed by atoms with Crippen molar-refractivity contribution < 1.29 is 10.2 Å². The first-order valence-corrected chi connectivity index (χ1v) is 11.8. The van der Waals surface area contributed by atoms with Gasteiger partial charge in [-0.25, -0.2) is 0 Å². The van der Waals surface area contributed by atoms with Crippen molar-refractivity contribution in [2.45, 2.75) is 83.3 Å². The van der Waals surface area contributed by atoms with Crippen LogP contribution in [0.3, 0.4) is 0 Å². The van der Waals surface area contributed by atoms with Gasteiger partial charge in [0.1, 0.15) is 5.60 Å². The van der Waals surface area contributed by atoms with E-state index < -0.39 is 5.60 Å². The molecule has 0 aromatic heterocycles. The van der Waals surface area contributed by atoms with Crippen molar-refractivity contribution in [3.63, 3.8) is 0 Å². The number of aliphatic hydroxyl groups excluding tert-OH is 1. The third kappa shape index (κ3) is 2.92. The summed E-state index contributed by atoms with van der Waals surface area (Å²) in [4.78, 5) is 0. The van der Waals surface area contributed by atoms with Crippen molar-refractivity contribution >= 4 is 0 Å². The Hall–Kier alpha value is -1.30. The smallest absolute Gasteiger partial charge is 0.131 e. The molecule has 2 nitrogen and oxygen atoms in total. The lowest BCUT2D eigenvalue weighted by molar-refractivity contribution is -0.144. The van der Waals surface area contributed by atoms with E-state index in [0.29, 0.717) is 17.3 Å². The Kier molecular flexibility index (Phi) is 4.65. The van der Waals surface area contributed by atoms with Crippen LogP contribution >= 0.6 is 0 Å². The summed E-state index contributed by atoms with van der Waals surface area (Å²) in [5, 5.41) is 21.9. The van der Waals surface area contributed by atoms with E-state index in [9.17, 15) is 10.2 Å². The van der Waals surface area contributed by atoms with Crippen molar-refractivity contribution in [3.8, 4) is 11.8 Å². The minimum Gasteiger partial charge on any atom is -0.393 e. The zero-order valence-corrected chi connectivity index (χ0v) is 18.0. The van der Waals surface area contributed by atoms with Gasteiger partial charge in [0.2, 0.25) is 0 Å². The summed E-state index contributed by atoms with van der Waals surface area (Å²) < 4.78 is 0. The predicted molar refractivity (Wildman–Crippen MR) is 116 cm³/mol. The Morgan fingerprint density at radius 1 is 0.897 bits per heavy atom. The fourth-order valence-corrected chi connectivity index (χ4v) is 8.15. The topological polar surface area (TPSA) is 40.5 Å². The Labute approximate surface area is 176 Å². The third-order valence-electron chi connectivity index (χ3n) is 9.98. The van der Waals surface area contributed by atoms with Crippen molar-refractivity contribution in [3.05, 3.63) is 35.9 Å². The minimum absolute atomic E-state index is 0.0803. The van der Waals surface area contributed by atoms with Gasteiger partial charge >= 0.3 is 0 Å². The molecule has 5 rings (SSSR count). The maximum atomic E-state index is 11.7. The molecule has 0 unspecified atom stereocenters. The van der Waals surface area contributed by atoms with Gasteiger partial charge in [0.25, 0.3) is 0 Å². The Bertz CT molecular complexity index is 822. The van der Waals surface area contributed by atoms with E-state index in [1.807, 2.05) is 30.3 Å². The van der Waals surface area contributed by atoms with Crippen molar-refractivity contribution in [1.82, 2.24) is 0 Å². The average Bonchev–Trinajstić information content (AvgIpc) is 2.99. The number of fused-ring (bicyclic) bond motifs is 5. The maximum absolute atomic E-state index is 11.7. The van der Waals surface area contributed by atoms with Gasteiger partial charge in [0.15, 0.2) is 0 Å². The van der Waals surface area contributed by atoms with E-state index in [1.54, 1.807) is 0 Å². The van der Waals surface area contributed by atoms with E-state index in [2.05, 4.69) is 25.7 Å². The standard InChI is InChI=1S/C27H36O2/c1-25-14-11-21(28)18-20(25)8-9-22-23(25)12-15-26(2)24(22)13-17-27(26,29)16-10-19-6-4-3-5-7-19/h3-7,20-24,28-29H,8-9,11-15,17-18H2,1-2H3/t20-,21+,22-,23-,24+,25+,26-,27+/m0/s1.